The van der Waals surface area contributed by atoms with E-state index in [4.69, 9.17) is 0 Å². The first-order valence-corrected chi connectivity index (χ1v) is 11.3. The van der Waals surface area contributed by atoms with E-state index in [2.05, 4.69) is 17.0 Å². The molecule has 0 saturated carbocycles. The third-order valence-corrected chi connectivity index (χ3v) is 7.41. The minimum Gasteiger partial charge on any atom is -0.371 e. The van der Waals surface area contributed by atoms with Gasteiger partial charge in [-0.15, -0.1) is 0 Å². The van der Waals surface area contributed by atoms with E-state index in [1.165, 1.54) is 30.7 Å². The first-order chi connectivity index (χ1) is 13.3. The van der Waals surface area contributed by atoms with Crippen LogP contribution in [-0.2, 0) is 16.4 Å². The molecule has 1 aliphatic rings. The van der Waals surface area contributed by atoms with Gasteiger partial charge in [0.15, 0.2) is 9.84 Å². The second-order valence-corrected chi connectivity index (χ2v) is 10.1. The van der Waals surface area contributed by atoms with Gasteiger partial charge in [-0.1, -0.05) is 18.2 Å². The van der Waals surface area contributed by atoms with Gasteiger partial charge in [-0.2, -0.15) is 0 Å². The Balaban J connectivity index is 1.75. The summed E-state index contributed by atoms with van der Waals surface area (Å²) in [5, 5.41) is -0.487. The highest BCUT2D eigenvalue weighted by molar-refractivity contribution is 7.92. The summed E-state index contributed by atoms with van der Waals surface area (Å²) in [6.45, 7) is 5.93. The molecule has 1 amide bonds. The van der Waals surface area contributed by atoms with Gasteiger partial charge in [0.1, 0.15) is 0 Å². The van der Waals surface area contributed by atoms with Gasteiger partial charge in [0, 0.05) is 37.9 Å². The van der Waals surface area contributed by atoms with Crippen molar-refractivity contribution in [1.82, 2.24) is 4.90 Å². The molecular formula is C22H28N2O3S. The molecule has 1 saturated heterocycles. The molecule has 0 atom stereocenters. The number of anilines is 1. The van der Waals surface area contributed by atoms with Gasteiger partial charge in [-0.3, -0.25) is 4.79 Å². The molecule has 1 fully saturated rings. The lowest BCUT2D eigenvalue weighted by Crippen LogP contribution is -2.28. The summed E-state index contributed by atoms with van der Waals surface area (Å²) in [5.74, 6) is -0.121. The average molecular weight is 401 g/mol. The van der Waals surface area contributed by atoms with Crippen LogP contribution in [0.15, 0.2) is 53.4 Å². The molecule has 1 aliphatic heterocycles. The van der Waals surface area contributed by atoms with Crippen molar-refractivity contribution in [2.75, 3.05) is 25.0 Å². The number of amides is 1. The summed E-state index contributed by atoms with van der Waals surface area (Å²) in [7, 11) is -1.55. The molecule has 0 aliphatic carbocycles. The SMILES string of the molecule is CC(C)S(=O)(=O)c1ccc(C(=O)N(C)Cc2ccccc2N2CCCC2)cc1. The molecule has 3 rings (SSSR count). The van der Waals surface area contributed by atoms with Crippen molar-refractivity contribution in [2.24, 2.45) is 0 Å². The maximum atomic E-state index is 12.8. The number of sulfone groups is 1. The maximum Gasteiger partial charge on any atom is 0.253 e. The van der Waals surface area contributed by atoms with Crippen LogP contribution in [-0.4, -0.2) is 44.6 Å². The van der Waals surface area contributed by atoms with Crippen molar-refractivity contribution in [3.8, 4) is 0 Å². The van der Waals surface area contributed by atoms with E-state index in [-0.39, 0.29) is 10.8 Å². The molecular weight excluding hydrogens is 372 g/mol. The van der Waals surface area contributed by atoms with E-state index < -0.39 is 15.1 Å². The third-order valence-electron chi connectivity index (χ3n) is 5.24. The first-order valence-electron chi connectivity index (χ1n) is 9.73. The van der Waals surface area contributed by atoms with Gasteiger partial charge in [-0.25, -0.2) is 8.42 Å². The topological polar surface area (TPSA) is 57.7 Å². The summed E-state index contributed by atoms with van der Waals surface area (Å²) >= 11 is 0. The highest BCUT2D eigenvalue weighted by Gasteiger charge is 2.21. The number of carbonyl (C=O) groups is 1. The van der Waals surface area contributed by atoms with Crippen LogP contribution < -0.4 is 4.90 Å². The fourth-order valence-electron chi connectivity index (χ4n) is 3.52. The van der Waals surface area contributed by atoms with Crippen LogP contribution in [0.3, 0.4) is 0 Å². The summed E-state index contributed by atoms with van der Waals surface area (Å²) < 4.78 is 24.5. The zero-order chi connectivity index (χ0) is 20.3. The Bertz CT molecular complexity index is 931. The second kappa shape index (κ2) is 8.35. The number of hydrogen-bond donors (Lipinski definition) is 0. The van der Waals surface area contributed by atoms with E-state index >= 15 is 0 Å². The van der Waals surface area contributed by atoms with Crippen molar-refractivity contribution in [1.29, 1.82) is 0 Å². The molecule has 0 radical (unpaired) electrons. The molecule has 0 spiro atoms. The quantitative estimate of drug-likeness (QED) is 0.741. The van der Waals surface area contributed by atoms with Gasteiger partial charge in [0.25, 0.3) is 5.91 Å². The van der Waals surface area contributed by atoms with Crippen molar-refractivity contribution in [3.63, 3.8) is 0 Å². The Labute approximate surface area is 167 Å². The van der Waals surface area contributed by atoms with E-state index in [1.807, 2.05) is 12.1 Å². The Morgan fingerprint density at radius 1 is 1.04 bits per heavy atom. The molecule has 5 nitrogen and oxygen atoms in total. The Morgan fingerprint density at radius 3 is 2.25 bits per heavy atom. The zero-order valence-electron chi connectivity index (χ0n) is 16.8. The van der Waals surface area contributed by atoms with Crippen molar-refractivity contribution in [3.05, 3.63) is 59.7 Å². The van der Waals surface area contributed by atoms with E-state index in [1.54, 1.807) is 37.9 Å². The fraction of sp³-hybridized carbons (Fsp3) is 0.409. The summed E-state index contributed by atoms with van der Waals surface area (Å²) in [6.07, 6.45) is 2.41. The molecule has 28 heavy (non-hydrogen) atoms. The molecule has 2 aromatic carbocycles. The molecule has 0 unspecified atom stereocenters. The van der Waals surface area contributed by atoms with Crippen LogP contribution in [0.5, 0.6) is 0 Å². The summed E-state index contributed by atoms with van der Waals surface area (Å²) in [5.41, 5.74) is 2.81. The lowest BCUT2D eigenvalue weighted by molar-refractivity contribution is 0.0785. The van der Waals surface area contributed by atoms with Gasteiger partial charge < -0.3 is 9.80 Å². The molecule has 2 aromatic rings. The molecule has 0 bridgehead atoms. The Hall–Kier alpha value is -2.34. The van der Waals surface area contributed by atoms with Crippen LogP contribution in [0.25, 0.3) is 0 Å². The molecule has 0 aromatic heterocycles. The van der Waals surface area contributed by atoms with Gasteiger partial charge in [0.2, 0.25) is 0 Å². The Morgan fingerprint density at radius 2 is 1.64 bits per heavy atom. The minimum atomic E-state index is -3.33. The lowest BCUT2D eigenvalue weighted by atomic mass is 10.1. The monoisotopic (exact) mass is 400 g/mol. The number of nitrogens with zero attached hydrogens (tertiary/aromatic N) is 2. The molecule has 0 N–H and O–H groups in total. The van der Waals surface area contributed by atoms with Crippen molar-refractivity contribution in [2.45, 2.75) is 43.4 Å². The molecule has 1 heterocycles. The largest absolute Gasteiger partial charge is 0.371 e. The van der Waals surface area contributed by atoms with E-state index in [0.717, 1.165) is 18.7 Å². The van der Waals surface area contributed by atoms with E-state index in [9.17, 15) is 13.2 Å². The Kier molecular flexibility index (Phi) is 6.08. The highest BCUT2D eigenvalue weighted by Crippen LogP contribution is 2.26. The van der Waals surface area contributed by atoms with E-state index in [0.29, 0.717) is 12.1 Å². The fourth-order valence-corrected chi connectivity index (χ4v) is 4.58. The zero-order valence-corrected chi connectivity index (χ0v) is 17.6. The minimum absolute atomic E-state index is 0.121. The molecule has 6 heteroatoms. The molecule has 150 valence electrons. The smallest absolute Gasteiger partial charge is 0.253 e. The highest BCUT2D eigenvalue weighted by atomic mass is 32.2. The predicted octanol–water partition coefficient (Wildman–Crippen LogP) is 3.74. The van der Waals surface area contributed by atoms with Gasteiger partial charge in [-0.05, 0) is 62.6 Å². The number of benzene rings is 2. The van der Waals surface area contributed by atoms with Crippen LogP contribution in [0.1, 0.15) is 42.6 Å². The summed E-state index contributed by atoms with van der Waals surface area (Å²) in [4.78, 5) is 17.1. The van der Waals surface area contributed by atoms with Crippen molar-refractivity contribution >= 4 is 21.4 Å². The maximum absolute atomic E-state index is 12.8. The van der Waals surface area contributed by atoms with Gasteiger partial charge in [0.05, 0.1) is 10.1 Å². The van der Waals surface area contributed by atoms with Crippen molar-refractivity contribution < 1.29 is 13.2 Å². The van der Waals surface area contributed by atoms with Crippen LogP contribution in [0.2, 0.25) is 0 Å². The van der Waals surface area contributed by atoms with Crippen LogP contribution in [0.4, 0.5) is 5.69 Å². The van der Waals surface area contributed by atoms with Crippen LogP contribution in [0, 0.1) is 0 Å². The average Bonchev–Trinajstić information content (AvgIpc) is 3.22. The normalized spacial score (nSPS) is 14.5. The lowest BCUT2D eigenvalue weighted by Gasteiger charge is -2.24. The number of para-hydroxylation sites is 1. The number of rotatable bonds is 6. The predicted molar refractivity (Wildman–Crippen MR) is 112 cm³/mol. The van der Waals surface area contributed by atoms with Crippen LogP contribution >= 0.6 is 0 Å². The number of carbonyl (C=O) groups excluding carboxylic acids is 1. The third kappa shape index (κ3) is 4.22. The number of hydrogen-bond acceptors (Lipinski definition) is 4. The second-order valence-electron chi connectivity index (χ2n) is 7.60. The van der Waals surface area contributed by atoms with Gasteiger partial charge >= 0.3 is 0 Å². The summed E-state index contributed by atoms with van der Waals surface area (Å²) in [6, 6.07) is 14.5. The standard InChI is InChI=1S/C22H28N2O3S/c1-17(2)28(26,27)20-12-10-18(11-13-20)22(25)23(3)16-19-8-4-5-9-21(19)24-14-6-7-15-24/h4-5,8-13,17H,6-7,14-16H2,1-3H3. The first kappa shape index (κ1) is 20.4.